The number of rotatable bonds is 2. The summed E-state index contributed by atoms with van der Waals surface area (Å²) in [5.41, 5.74) is 1.92. The molecule has 1 aromatic carbocycles. The number of halogens is 2. The number of hydrogen-bond acceptors (Lipinski definition) is 3. The van der Waals surface area contributed by atoms with Crippen molar-refractivity contribution >= 4 is 46.2 Å². The van der Waals surface area contributed by atoms with E-state index < -0.39 is 0 Å². The van der Waals surface area contributed by atoms with Gasteiger partial charge in [-0.2, -0.15) is 0 Å². The smallest absolute Gasteiger partial charge is 0.149 e. The van der Waals surface area contributed by atoms with Crippen molar-refractivity contribution in [3.63, 3.8) is 0 Å². The van der Waals surface area contributed by atoms with Gasteiger partial charge in [0.2, 0.25) is 0 Å². The van der Waals surface area contributed by atoms with E-state index in [0.717, 1.165) is 15.6 Å². The maximum Gasteiger partial charge on any atom is 0.149 e. The van der Waals surface area contributed by atoms with Crippen LogP contribution in [0.15, 0.2) is 41.0 Å². The summed E-state index contributed by atoms with van der Waals surface area (Å²) in [6.07, 6.45) is 1.75. The maximum absolute atomic E-state index is 6.11. The Morgan fingerprint density at radius 2 is 2.06 bits per heavy atom. The predicted octanol–water partition coefficient (Wildman–Crippen LogP) is 4.42. The van der Waals surface area contributed by atoms with Gasteiger partial charge >= 0.3 is 0 Å². The average Bonchev–Trinajstić information content (AvgIpc) is 2.29. The Kier molecular flexibility index (Phi) is 3.74. The van der Waals surface area contributed by atoms with Crippen LogP contribution in [-0.4, -0.2) is 4.98 Å². The summed E-state index contributed by atoms with van der Waals surface area (Å²) >= 11 is 13.5. The second-order valence-corrected chi connectivity index (χ2v) is 4.63. The number of anilines is 1. The lowest BCUT2D eigenvalue weighted by Gasteiger charge is -2.06. The summed E-state index contributed by atoms with van der Waals surface area (Å²) in [6, 6.07) is 9.61. The molecule has 0 bridgehead atoms. The number of nitrogens with zero attached hydrogens (tertiary/aromatic N) is 1. The zero-order valence-corrected chi connectivity index (χ0v) is 11.4. The van der Waals surface area contributed by atoms with E-state index in [4.69, 9.17) is 11.6 Å². The fraction of sp³-hybridized carbons (Fsp3) is 0. The highest BCUT2D eigenvalue weighted by Crippen LogP contribution is 2.31. The molecular formula is C11H8BrClN2S. The molecule has 0 fully saturated rings. The van der Waals surface area contributed by atoms with Gasteiger partial charge in [-0.3, -0.25) is 0 Å². The summed E-state index contributed by atoms with van der Waals surface area (Å²) in [7, 11) is 0. The van der Waals surface area contributed by atoms with Crippen molar-refractivity contribution in [1.29, 1.82) is 0 Å². The third kappa shape index (κ3) is 2.34. The highest BCUT2D eigenvalue weighted by molar-refractivity contribution is 9.10. The number of benzene rings is 1. The van der Waals surface area contributed by atoms with Crippen molar-refractivity contribution in [3.8, 4) is 11.1 Å². The van der Waals surface area contributed by atoms with E-state index in [9.17, 15) is 0 Å². The van der Waals surface area contributed by atoms with Crippen LogP contribution in [-0.2, 0) is 0 Å². The van der Waals surface area contributed by atoms with Crippen LogP contribution < -0.4 is 4.72 Å². The lowest BCUT2D eigenvalue weighted by molar-refractivity contribution is 1.32. The molecule has 5 heteroatoms. The molecule has 0 saturated carbocycles. The number of hydrogen-bond donors (Lipinski definition) is 2. The van der Waals surface area contributed by atoms with Gasteiger partial charge in [0.15, 0.2) is 0 Å². The zero-order chi connectivity index (χ0) is 11.5. The van der Waals surface area contributed by atoms with E-state index in [1.807, 2.05) is 30.3 Å². The van der Waals surface area contributed by atoms with Crippen molar-refractivity contribution in [2.75, 3.05) is 4.72 Å². The molecule has 1 aromatic heterocycles. The quantitative estimate of drug-likeness (QED) is 0.802. The minimum atomic E-state index is 0.680. The van der Waals surface area contributed by atoms with Gasteiger partial charge in [0.1, 0.15) is 5.82 Å². The van der Waals surface area contributed by atoms with Gasteiger partial charge in [0, 0.05) is 22.3 Å². The van der Waals surface area contributed by atoms with Crippen LogP contribution in [0.2, 0.25) is 5.02 Å². The van der Waals surface area contributed by atoms with Crippen molar-refractivity contribution in [2.45, 2.75) is 0 Å². The first kappa shape index (κ1) is 11.8. The van der Waals surface area contributed by atoms with Crippen molar-refractivity contribution in [2.24, 2.45) is 0 Å². The molecule has 1 heterocycles. The van der Waals surface area contributed by atoms with Gasteiger partial charge in [0.25, 0.3) is 0 Å². The van der Waals surface area contributed by atoms with Gasteiger partial charge in [-0.05, 0) is 28.1 Å². The van der Waals surface area contributed by atoms with Gasteiger partial charge in [-0.15, -0.1) is 0 Å². The lowest BCUT2D eigenvalue weighted by Crippen LogP contribution is -1.89. The molecule has 1 N–H and O–H groups in total. The largest absolute Gasteiger partial charge is 0.316 e. The Balaban J connectivity index is 2.50. The average molecular weight is 316 g/mol. The standard InChI is InChI=1S/C11H8BrClN2S/c12-9-5-7(6-14-11(9)15-16)8-3-1-2-4-10(8)13/h1-6,16H,(H,14,15). The van der Waals surface area contributed by atoms with E-state index in [0.29, 0.717) is 10.8 Å². The number of nitrogens with one attached hydrogen (secondary N) is 1. The maximum atomic E-state index is 6.11. The van der Waals surface area contributed by atoms with Crippen LogP contribution in [0.5, 0.6) is 0 Å². The van der Waals surface area contributed by atoms with Crippen LogP contribution in [0.3, 0.4) is 0 Å². The molecule has 0 unspecified atom stereocenters. The lowest BCUT2D eigenvalue weighted by atomic mass is 10.1. The second kappa shape index (κ2) is 5.08. The number of thiol groups is 1. The van der Waals surface area contributed by atoms with E-state index in [1.165, 1.54) is 0 Å². The fourth-order valence-electron chi connectivity index (χ4n) is 1.36. The van der Waals surface area contributed by atoms with Crippen LogP contribution in [0.25, 0.3) is 11.1 Å². The topological polar surface area (TPSA) is 24.9 Å². The van der Waals surface area contributed by atoms with Gasteiger partial charge in [0.05, 0.1) is 4.47 Å². The summed E-state index contributed by atoms with van der Waals surface area (Å²) in [4.78, 5) is 4.22. The molecule has 0 spiro atoms. The molecule has 0 aliphatic rings. The minimum absolute atomic E-state index is 0.680. The molecule has 0 aliphatic heterocycles. The molecule has 2 aromatic rings. The van der Waals surface area contributed by atoms with E-state index in [1.54, 1.807) is 6.20 Å². The molecule has 0 atom stereocenters. The first-order chi connectivity index (χ1) is 7.72. The van der Waals surface area contributed by atoms with E-state index >= 15 is 0 Å². The zero-order valence-electron chi connectivity index (χ0n) is 8.11. The molecule has 0 saturated heterocycles. The van der Waals surface area contributed by atoms with Crippen molar-refractivity contribution < 1.29 is 0 Å². The van der Waals surface area contributed by atoms with Gasteiger partial charge in [-0.1, -0.05) is 42.6 Å². The fourth-order valence-corrected chi connectivity index (χ4v) is 2.39. The highest BCUT2D eigenvalue weighted by atomic mass is 79.9. The third-order valence-corrected chi connectivity index (χ3v) is 3.28. The Morgan fingerprint density at radius 1 is 1.31 bits per heavy atom. The third-order valence-electron chi connectivity index (χ3n) is 2.13. The SMILES string of the molecule is SNc1ncc(-c2ccccc2Cl)cc1Br. The van der Waals surface area contributed by atoms with Crippen LogP contribution in [0, 0.1) is 0 Å². The van der Waals surface area contributed by atoms with Gasteiger partial charge < -0.3 is 4.72 Å². The molecular weight excluding hydrogens is 308 g/mol. The Hall–Kier alpha value is -0.710. The number of pyridine rings is 1. The Labute approximate surface area is 113 Å². The van der Waals surface area contributed by atoms with E-state index in [2.05, 4.69) is 38.5 Å². The first-order valence-electron chi connectivity index (χ1n) is 4.53. The summed E-state index contributed by atoms with van der Waals surface area (Å²) in [5, 5.41) is 0.711. The Bertz CT molecular complexity index is 519. The first-order valence-corrected chi connectivity index (χ1v) is 6.14. The number of aromatic nitrogens is 1. The molecule has 82 valence electrons. The molecule has 0 aliphatic carbocycles. The highest BCUT2D eigenvalue weighted by Gasteiger charge is 2.06. The molecule has 2 nitrogen and oxygen atoms in total. The molecule has 2 rings (SSSR count). The minimum Gasteiger partial charge on any atom is -0.316 e. The normalized spacial score (nSPS) is 10.2. The van der Waals surface area contributed by atoms with Crippen LogP contribution in [0.1, 0.15) is 0 Å². The second-order valence-electron chi connectivity index (χ2n) is 3.15. The summed E-state index contributed by atoms with van der Waals surface area (Å²) in [5.74, 6) is 0.680. The van der Waals surface area contributed by atoms with Crippen LogP contribution >= 0.6 is 40.3 Å². The summed E-state index contributed by atoms with van der Waals surface area (Å²) in [6.45, 7) is 0. The monoisotopic (exact) mass is 314 g/mol. The van der Waals surface area contributed by atoms with Crippen molar-refractivity contribution in [1.82, 2.24) is 4.98 Å². The summed E-state index contributed by atoms with van der Waals surface area (Å²) < 4.78 is 3.54. The Morgan fingerprint density at radius 3 is 2.69 bits per heavy atom. The molecule has 0 amide bonds. The van der Waals surface area contributed by atoms with Crippen molar-refractivity contribution in [3.05, 3.63) is 46.0 Å². The molecule has 16 heavy (non-hydrogen) atoms. The van der Waals surface area contributed by atoms with Crippen LogP contribution in [0.4, 0.5) is 5.82 Å². The predicted molar refractivity (Wildman–Crippen MR) is 75.0 cm³/mol. The van der Waals surface area contributed by atoms with E-state index in [-0.39, 0.29) is 0 Å². The van der Waals surface area contributed by atoms with Gasteiger partial charge in [-0.25, -0.2) is 4.98 Å². The molecule has 0 radical (unpaired) electrons.